The Morgan fingerprint density at radius 2 is 2.00 bits per heavy atom. The summed E-state index contributed by atoms with van der Waals surface area (Å²) in [4.78, 5) is 15.7. The largest absolute Gasteiger partial charge is 0.478 e. The molecular formula is C14H21N3O2. The third-order valence-electron chi connectivity index (χ3n) is 3.57. The lowest BCUT2D eigenvalue weighted by Gasteiger charge is -2.36. The van der Waals surface area contributed by atoms with Gasteiger partial charge in [0.15, 0.2) is 0 Å². The molecule has 2 rings (SSSR count). The Bertz CT molecular complexity index is 454. The Hall–Kier alpha value is -1.75. The third kappa shape index (κ3) is 2.98. The highest BCUT2D eigenvalue weighted by molar-refractivity contribution is 5.97. The molecule has 0 amide bonds. The number of para-hydroxylation sites is 1. The highest BCUT2D eigenvalue weighted by Gasteiger charge is 2.20. The van der Waals surface area contributed by atoms with E-state index in [1.54, 1.807) is 12.1 Å². The van der Waals surface area contributed by atoms with Crippen LogP contribution in [0.4, 0.5) is 11.4 Å². The predicted octanol–water partition coefficient (Wildman–Crippen LogP) is 1.50. The number of nitrogen functional groups attached to an aromatic ring is 1. The maximum Gasteiger partial charge on any atom is 0.337 e. The van der Waals surface area contributed by atoms with E-state index in [1.807, 2.05) is 6.07 Å². The molecule has 3 N–H and O–H groups in total. The number of carboxylic acids is 1. The first-order valence-electron chi connectivity index (χ1n) is 6.72. The van der Waals surface area contributed by atoms with Crippen LogP contribution in [0.1, 0.15) is 23.7 Å². The molecule has 1 fully saturated rings. The van der Waals surface area contributed by atoms with Crippen LogP contribution in [0.25, 0.3) is 0 Å². The fourth-order valence-electron chi connectivity index (χ4n) is 2.54. The van der Waals surface area contributed by atoms with E-state index in [-0.39, 0.29) is 5.56 Å². The molecule has 19 heavy (non-hydrogen) atoms. The van der Waals surface area contributed by atoms with Gasteiger partial charge in [0, 0.05) is 26.2 Å². The smallest absolute Gasteiger partial charge is 0.337 e. The summed E-state index contributed by atoms with van der Waals surface area (Å²) >= 11 is 0. The summed E-state index contributed by atoms with van der Waals surface area (Å²) in [5, 5.41) is 9.09. The lowest BCUT2D eigenvalue weighted by Crippen LogP contribution is -2.46. The van der Waals surface area contributed by atoms with Crippen molar-refractivity contribution in [2.75, 3.05) is 43.4 Å². The van der Waals surface area contributed by atoms with Crippen molar-refractivity contribution in [1.82, 2.24) is 4.90 Å². The van der Waals surface area contributed by atoms with Crippen molar-refractivity contribution in [1.29, 1.82) is 0 Å². The second-order valence-electron chi connectivity index (χ2n) is 4.87. The Balaban J connectivity index is 2.11. The van der Waals surface area contributed by atoms with Crippen molar-refractivity contribution in [2.24, 2.45) is 0 Å². The lowest BCUT2D eigenvalue weighted by atomic mass is 10.1. The Morgan fingerprint density at radius 1 is 1.32 bits per heavy atom. The normalized spacial score (nSPS) is 16.6. The minimum Gasteiger partial charge on any atom is -0.478 e. The number of aromatic carboxylic acids is 1. The molecule has 0 spiro atoms. The molecule has 1 aliphatic rings. The zero-order chi connectivity index (χ0) is 13.8. The molecule has 0 unspecified atom stereocenters. The standard InChI is InChI=1S/C14H21N3O2/c1-2-6-16-7-9-17(10-8-16)12-5-3-4-11(13(12)15)14(18)19/h3-5H,2,6-10,15H2,1H3,(H,18,19). The number of hydrogen-bond donors (Lipinski definition) is 2. The summed E-state index contributed by atoms with van der Waals surface area (Å²) in [5.74, 6) is -0.969. The molecule has 5 heteroatoms. The summed E-state index contributed by atoms with van der Waals surface area (Å²) in [7, 11) is 0. The quantitative estimate of drug-likeness (QED) is 0.806. The molecule has 5 nitrogen and oxygen atoms in total. The van der Waals surface area contributed by atoms with E-state index in [4.69, 9.17) is 10.8 Å². The highest BCUT2D eigenvalue weighted by Crippen LogP contribution is 2.27. The van der Waals surface area contributed by atoms with E-state index in [1.165, 1.54) is 0 Å². The Kier molecular flexibility index (Phi) is 4.27. The first kappa shape index (κ1) is 13.7. The molecular weight excluding hydrogens is 242 g/mol. The van der Waals surface area contributed by atoms with Gasteiger partial charge in [0.05, 0.1) is 16.9 Å². The van der Waals surface area contributed by atoms with Gasteiger partial charge in [0.1, 0.15) is 0 Å². The van der Waals surface area contributed by atoms with Crippen LogP contribution in [0.2, 0.25) is 0 Å². The van der Waals surface area contributed by atoms with Gasteiger partial charge in [-0.3, -0.25) is 4.90 Å². The number of carboxylic acid groups (broad SMARTS) is 1. The van der Waals surface area contributed by atoms with E-state index in [0.717, 1.165) is 44.8 Å². The van der Waals surface area contributed by atoms with Crippen LogP contribution in [0.3, 0.4) is 0 Å². The van der Waals surface area contributed by atoms with Crippen LogP contribution in [0, 0.1) is 0 Å². The van der Waals surface area contributed by atoms with Gasteiger partial charge in [-0.15, -0.1) is 0 Å². The monoisotopic (exact) mass is 263 g/mol. The number of benzene rings is 1. The Labute approximate surface area is 113 Å². The molecule has 1 heterocycles. The zero-order valence-electron chi connectivity index (χ0n) is 11.3. The molecule has 1 aromatic rings. The van der Waals surface area contributed by atoms with Crippen molar-refractivity contribution >= 4 is 17.3 Å². The van der Waals surface area contributed by atoms with Crippen LogP contribution in [-0.4, -0.2) is 48.7 Å². The fraction of sp³-hybridized carbons (Fsp3) is 0.500. The predicted molar refractivity (Wildman–Crippen MR) is 76.8 cm³/mol. The molecule has 1 saturated heterocycles. The van der Waals surface area contributed by atoms with Gasteiger partial charge >= 0.3 is 5.97 Å². The SMILES string of the molecule is CCCN1CCN(c2cccc(C(=O)O)c2N)CC1. The molecule has 0 atom stereocenters. The van der Waals surface area contributed by atoms with Crippen molar-refractivity contribution in [3.63, 3.8) is 0 Å². The maximum absolute atomic E-state index is 11.1. The topological polar surface area (TPSA) is 69.8 Å². The van der Waals surface area contributed by atoms with Crippen molar-refractivity contribution in [2.45, 2.75) is 13.3 Å². The second kappa shape index (κ2) is 5.93. The third-order valence-corrected chi connectivity index (χ3v) is 3.57. The van der Waals surface area contributed by atoms with Gasteiger partial charge < -0.3 is 15.7 Å². The summed E-state index contributed by atoms with van der Waals surface area (Å²) < 4.78 is 0. The fourth-order valence-corrected chi connectivity index (χ4v) is 2.54. The molecule has 1 aromatic carbocycles. The summed E-state index contributed by atoms with van der Waals surface area (Å²) in [6, 6.07) is 5.21. The van der Waals surface area contributed by atoms with Gasteiger partial charge in [-0.2, -0.15) is 0 Å². The van der Waals surface area contributed by atoms with Crippen LogP contribution in [0.15, 0.2) is 18.2 Å². The number of piperazine rings is 1. The van der Waals surface area contributed by atoms with Crippen LogP contribution >= 0.6 is 0 Å². The van der Waals surface area contributed by atoms with Crippen molar-refractivity contribution in [3.8, 4) is 0 Å². The minimum atomic E-state index is -0.969. The zero-order valence-corrected chi connectivity index (χ0v) is 11.3. The van der Waals surface area contributed by atoms with E-state index in [9.17, 15) is 4.79 Å². The number of nitrogens with zero attached hydrogens (tertiary/aromatic N) is 2. The minimum absolute atomic E-state index is 0.188. The van der Waals surface area contributed by atoms with Gasteiger partial charge in [-0.25, -0.2) is 4.79 Å². The molecule has 0 saturated carbocycles. The summed E-state index contributed by atoms with van der Waals surface area (Å²) in [6.07, 6.45) is 1.16. The van der Waals surface area contributed by atoms with Crippen LogP contribution in [0.5, 0.6) is 0 Å². The maximum atomic E-state index is 11.1. The van der Waals surface area contributed by atoms with E-state index >= 15 is 0 Å². The number of nitrogens with two attached hydrogens (primary N) is 1. The molecule has 0 radical (unpaired) electrons. The van der Waals surface area contributed by atoms with Gasteiger partial charge in [0.2, 0.25) is 0 Å². The number of carbonyl (C=O) groups is 1. The molecule has 1 aliphatic heterocycles. The van der Waals surface area contributed by atoms with Gasteiger partial charge in [0.25, 0.3) is 0 Å². The molecule has 104 valence electrons. The first-order chi connectivity index (χ1) is 9.13. The summed E-state index contributed by atoms with van der Waals surface area (Å²) in [5.41, 5.74) is 7.38. The molecule has 0 aromatic heterocycles. The number of rotatable bonds is 4. The Morgan fingerprint density at radius 3 is 2.58 bits per heavy atom. The van der Waals surface area contributed by atoms with E-state index in [2.05, 4.69) is 16.7 Å². The van der Waals surface area contributed by atoms with Crippen molar-refractivity contribution < 1.29 is 9.90 Å². The van der Waals surface area contributed by atoms with Crippen LogP contribution < -0.4 is 10.6 Å². The number of anilines is 2. The van der Waals surface area contributed by atoms with E-state index < -0.39 is 5.97 Å². The molecule has 0 bridgehead atoms. The lowest BCUT2D eigenvalue weighted by molar-refractivity contribution is 0.0698. The molecule has 0 aliphatic carbocycles. The van der Waals surface area contributed by atoms with E-state index in [0.29, 0.717) is 5.69 Å². The average Bonchev–Trinajstić information content (AvgIpc) is 2.40. The van der Waals surface area contributed by atoms with Crippen molar-refractivity contribution in [3.05, 3.63) is 23.8 Å². The second-order valence-corrected chi connectivity index (χ2v) is 4.87. The van der Waals surface area contributed by atoms with Gasteiger partial charge in [-0.1, -0.05) is 13.0 Å². The first-order valence-corrected chi connectivity index (χ1v) is 6.72. The van der Waals surface area contributed by atoms with Gasteiger partial charge in [-0.05, 0) is 25.1 Å². The highest BCUT2D eigenvalue weighted by atomic mass is 16.4. The summed E-state index contributed by atoms with van der Waals surface area (Å²) in [6.45, 7) is 7.11. The average molecular weight is 263 g/mol. The number of hydrogen-bond acceptors (Lipinski definition) is 4. The van der Waals surface area contributed by atoms with Crippen LogP contribution in [-0.2, 0) is 0 Å².